The van der Waals surface area contributed by atoms with Crippen LogP contribution in [0.25, 0.3) is 111 Å². The van der Waals surface area contributed by atoms with Gasteiger partial charge in [-0.2, -0.15) is 0 Å². The number of rotatable bonds is 13. The van der Waals surface area contributed by atoms with E-state index in [4.69, 9.17) is 45.5 Å². The average Bonchev–Trinajstić information content (AvgIpc) is 0.596. The van der Waals surface area contributed by atoms with Crippen LogP contribution in [-0.4, -0.2) is 79.4 Å². The van der Waals surface area contributed by atoms with E-state index in [-0.39, 0.29) is 164 Å². The van der Waals surface area contributed by atoms with Gasteiger partial charge in [0, 0.05) is 142 Å². The molecule has 0 bridgehead atoms. The van der Waals surface area contributed by atoms with E-state index < -0.39 is 0 Å². The summed E-state index contributed by atoms with van der Waals surface area (Å²) >= 11 is 0. The number of ketones is 5. The van der Waals surface area contributed by atoms with Crippen molar-refractivity contribution in [1.29, 1.82) is 0 Å². The summed E-state index contributed by atoms with van der Waals surface area (Å²) in [5.74, 6) is 0.627. The van der Waals surface area contributed by atoms with Crippen molar-refractivity contribution in [2.45, 2.75) is 192 Å². The molecule has 15 aromatic rings. The maximum absolute atomic E-state index is 14.1. The molecule has 0 fully saturated rings. The molecule has 0 aliphatic rings. The van der Waals surface area contributed by atoms with Crippen LogP contribution < -0.4 is 0 Å². The molecule has 0 saturated carbocycles. The second kappa shape index (κ2) is 62.6. The molecular weight excluding hydrogens is 2640 g/mol. The number of aliphatic hydroxyl groups is 5. The predicted octanol–water partition coefficient (Wildman–Crippen LogP) is 29.8. The Bertz CT molecular complexity index is 6540. The third kappa shape index (κ3) is 45.8. The number of allylic oxidation sites excluding steroid dienone is 10. The first kappa shape index (κ1) is 126. The molecule has 0 amide bonds. The van der Waals surface area contributed by atoms with Gasteiger partial charge >= 0.3 is 0 Å². The van der Waals surface area contributed by atoms with Crippen LogP contribution in [0.2, 0.25) is 0 Å². The predicted molar refractivity (Wildman–Crippen MR) is 555 cm³/mol. The molecule has 21 heteroatoms. The van der Waals surface area contributed by atoms with Gasteiger partial charge < -0.3 is 25.5 Å². The van der Waals surface area contributed by atoms with Crippen molar-refractivity contribution in [2.24, 2.45) is 5.92 Å². The summed E-state index contributed by atoms with van der Waals surface area (Å²) in [5, 5.41) is 47.1. The molecule has 5 N–H and O–H groups in total. The van der Waals surface area contributed by atoms with E-state index in [1.807, 2.05) is 44.2 Å². The van der Waals surface area contributed by atoms with Crippen LogP contribution in [0.5, 0.6) is 0 Å². The van der Waals surface area contributed by atoms with Gasteiger partial charge in [-0.15, -0.1) is 174 Å². The first-order valence-corrected chi connectivity index (χ1v) is 44.6. The van der Waals surface area contributed by atoms with Gasteiger partial charge in [-0.25, -0.2) is 4.39 Å². The number of nitrogens with zero attached hydrogens (tertiary/aromatic N) is 5. The van der Waals surface area contributed by atoms with Crippen molar-refractivity contribution in [1.82, 2.24) is 24.9 Å². The monoisotopic (exact) mass is 2770 g/mol. The Labute approximate surface area is 894 Å². The summed E-state index contributed by atoms with van der Waals surface area (Å²) in [4.78, 5) is 73.8. The van der Waals surface area contributed by atoms with Crippen LogP contribution in [0.3, 0.4) is 0 Å². The SMILES string of the molecule is CC(=O)C=C(C)O.CC(=O)C=C(C)O.CC(=O)C=C(C)O.CC(=O)C=C(C)O.CC(=O)C=C(C)O.Cc1[c-]c(-c2cc(F)c3ccccc3n2)cc(C)c1.Cc1[c-]c(-c2ccc3c(C)cccc3n2)cc(C)c1.Cc1[c-]c(-c2ccc3ccc(C(C)C)cc3n2)cc(C)c1.Cc1[c-]c(-c2ccc3ccc(C)cc3n2)cc(C)c1.Cc1[c-]c(-c2ccc3ccc(CC(C)C)cc3n2)cc(C)c1.[Ir].[Ir].[Ir].[Ir].[Ir]. The van der Waals surface area contributed by atoms with E-state index in [9.17, 15) is 28.4 Å². The van der Waals surface area contributed by atoms with Crippen molar-refractivity contribution in [2.75, 3.05) is 0 Å². The fourth-order valence-corrected chi connectivity index (χ4v) is 14.3. The number of carbonyl (C=O) groups is 5. The fourth-order valence-electron chi connectivity index (χ4n) is 14.3. The standard InChI is InChI=1S/C21H22N.C20H20N.2C18H16N.C17H13FN.5C5H8O2.5Ir/c1-14(2)9-17-5-6-18-7-8-20(22-21(18)13-17)19-11-15(3)10-16(4)12-19;1-13(2)17-6-5-16-7-8-19(21-20(16)12-17)18-10-14(3)9-15(4)11-18;1-12-4-5-15-6-7-17(19-18(15)11-12)16-9-13(2)8-14(3)10-16;1-12-9-13(2)11-15(10-12)17-8-7-16-14(3)5-4-6-18(16)19-17;1-11-7-12(2)9-13(8-11)17-10-15(18)14-5-3-4-6-16(14)19-17;5*1-4(6)3-5(2)7;;;;;/h5-8,10-11,13-14H,9H2,1-4H3;5-10,12-13H,1-4H3;4-9,11H,1-3H3;4-10H,1-3H3;3-8,10H,1-2H3;5*3,6H,1-2H3;;;;;/q5*-1;;;;;;;;;;. The second-order valence-corrected chi connectivity index (χ2v) is 34.6. The average molecular weight is 2770 g/mol. The van der Waals surface area contributed by atoms with E-state index in [2.05, 4.69) is 302 Å². The van der Waals surface area contributed by atoms with E-state index in [0.717, 1.165) is 112 Å². The largest absolute Gasteiger partial charge is 0.512 e. The molecule has 140 heavy (non-hydrogen) atoms. The van der Waals surface area contributed by atoms with Crippen LogP contribution in [0, 0.1) is 125 Å². The smallest absolute Gasteiger partial charge is 0.155 e. The van der Waals surface area contributed by atoms with Crippen LogP contribution in [-0.2, 0) is 131 Å². The Morgan fingerprint density at radius 1 is 0.293 bits per heavy atom. The van der Waals surface area contributed by atoms with Gasteiger partial charge in [0.1, 0.15) is 5.82 Å². The maximum atomic E-state index is 14.1. The van der Waals surface area contributed by atoms with Gasteiger partial charge in [-0.3, -0.25) is 48.9 Å². The second-order valence-electron chi connectivity index (χ2n) is 34.6. The van der Waals surface area contributed by atoms with Crippen molar-refractivity contribution in [3.63, 3.8) is 0 Å². The Kier molecular flexibility index (Phi) is 56.6. The molecule has 5 aromatic heterocycles. The minimum atomic E-state index is -0.242. The fraction of sp³-hybridized carbons (Fsp3) is 0.244. The summed E-state index contributed by atoms with van der Waals surface area (Å²) in [5.41, 5.74) is 31.6. The minimum Gasteiger partial charge on any atom is -0.512 e. The summed E-state index contributed by atoms with van der Waals surface area (Å²) in [6.07, 6.45) is 6.93. The number of fused-ring (bicyclic) bond motifs is 5. The number of benzene rings is 10. The topological polar surface area (TPSA) is 251 Å². The molecule has 0 spiro atoms. The van der Waals surface area contributed by atoms with Gasteiger partial charge in [0.2, 0.25) is 0 Å². The molecule has 15 nitrogen and oxygen atoms in total. The zero-order chi connectivity index (χ0) is 100. The van der Waals surface area contributed by atoms with E-state index in [1.165, 1.54) is 172 Å². The van der Waals surface area contributed by atoms with Crippen molar-refractivity contribution in [3.8, 4) is 56.3 Å². The maximum Gasteiger partial charge on any atom is 0.155 e. The van der Waals surface area contributed by atoms with Crippen LogP contribution >= 0.6 is 0 Å². The van der Waals surface area contributed by atoms with Crippen LogP contribution in [0.4, 0.5) is 4.39 Å². The molecule has 0 aliphatic heterocycles. The van der Waals surface area contributed by atoms with Gasteiger partial charge in [-0.05, 0) is 211 Å². The zero-order valence-electron chi connectivity index (χ0n) is 84.5. The number of carbonyl (C=O) groups excluding carboxylic acids is 5. The first-order chi connectivity index (χ1) is 63.5. The molecule has 5 radical (unpaired) electrons. The summed E-state index contributed by atoms with van der Waals surface area (Å²) in [6, 6.07) is 89.4. The zero-order valence-corrected chi connectivity index (χ0v) is 96.5. The van der Waals surface area contributed by atoms with Crippen LogP contribution in [0.15, 0.2) is 271 Å². The molecule has 0 saturated heterocycles. The summed E-state index contributed by atoms with van der Waals surface area (Å²) in [7, 11) is 0. The molecule has 0 aliphatic carbocycles. The molecule has 10 aromatic carbocycles. The van der Waals surface area contributed by atoms with Crippen LogP contribution in [0.1, 0.15) is 181 Å². The molecule has 0 unspecified atom stereocenters. The number of halogens is 1. The van der Waals surface area contributed by atoms with E-state index in [0.29, 0.717) is 28.4 Å². The number of hydrogen-bond acceptors (Lipinski definition) is 15. The number of aromatic nitrogens is 5. The molecular formula is C119H127FIr5N5O10-5. The quantitative estimate of drug-likeness (QED) is 0.0409. The van der Waals surface area contributed by atoms with E-state index >= 15 is 0 Å². The molecule has 745 valence electrons. The van der Waals surface area contributed by atoms with Crippen molar-refractivity contribution >= 4 is 83.4 Å². The summed E-state index contributed by atoms with van der Waals surface area (Å²) in [6.45, 7) is 48.1. The number of aryl methyl sites for hydroxylation is 12. The molecule has 15 rings (SSSR count). The minimum absolute atomic E-state index is 0. The number of aliphatic hydroxyl groups excluding tert-OH is 5. The number of para-hydroxylation sites is 1. The van der Waals surface area contributed by atoms with Gasteiger partial charge in [-0.1, -0.05) is 206 Å². The van der Waals surface area contributed by atoms with Gasteiger partial charge in [0.15, 0.2) is 28.9 Å². The Balaban J connectivity index is 0.000000800. The third-order valence-corrected chi connectivity index (χ3v) is 19.4. The van der Waals surface area contributed by atoms with Crippen molar-refractivity contribution in [3.05, 3.63) is 386 Å². The Hall–Kier alpha value is -11.5. The Morgan fingerprint density at radius 2 is 0.579 bits per heavy atom. The molecule has 5 heterocycles. The first-order valence-electron chi connectivity index (χ1n) is 44.6. The summed E-state index contributed by atoms with van der Waals surface area (Å²) < 4.78 is 14.1. The third-order valence-electron chi connectivity index (χ3n) is 19.4. The van der Waals surface area contributed by atoms with Gasteiger partial charge in [0.05, 0.1) is 56.4 Å². The molecule has 0 atom stereocenters. The van der Waals surface area contributed by atoms with E-state index in [1.54, 1.807) is 6.07 Å². The number of pyridine rings is 5. The van der Waals surface area contributed by atoms with Crippen molar-refractivity contribution < 1.29 is 154 Å². The van der Waals surface area contributed by atoms with Gasteiger partial charge in [0.25, 0.3) is 0 Å². The normalized spacial score (nSPS) is 10.8. The number of hydrogen-bond donors (Lipinski definition) is 5. The Morgan fingerprint density at radius 3 is 0.907 bits per heavy atom.